The van der Waals surface area contributed by atoms with Gasteiger partial charge in [0.25, 0.3) is 0 Å². The molecule has 1 aromatic heterocycles. The number of nitrogens with one attached hydrogen (secondary N) is 1. The molecule has 102 valence electrons. The first-order valence-corrected chi connectivity index (χ1v) is 7.22. The number of rotatable bonds is 5. The summed E-state index contributed by atoms with van der Waals surface area (Å²) in [6, 6.07) is 8.29. The Morgan fingerprint density at radius 2 is 2.16 bits per heavy atom. The fourth-order valence-electron chi connectivity index (χ4n) is 1.85. The number of furan rings is 1. The zero-order chi connectivity index (χ0) is 13.8. The Labute approximate surface area is 125 Å². The number of hydrogen-bond donors (Lipinski definition) is 1. The van der Waals surface area contributed by atoms with E-state index in [0.717, 1.165) is 24.3 Å². The summed E-state index contributed by atoms with van der Waals surface area (Å²) in [7, 11) is 0. The van der Waals surface area contributed by atoms with Gasteiger partial charge in [0.15, 0.2) is 4.67 Å². The maximum atomic E-state index is 13.2. The number of halogens is 3. The third-order valence-corrected chi connectivity index (χ3v) is 3.47. The lowest BCUT2D eigenvalue weighted by Gasteiger charge is -2.17. The topological polar surface area (TPSA) is 25.2 Å². The molecule has 0 saturated carbocycles. The van der Waals surface area contributed by atoms with Gasteiger partial charge in [0.2, 0.25) is 0 Å². The van der Waals surface area contributed by atoms with Crippen molar-refractivity contribution in [2.24, 2.45) is 0 Å². The molecule has 2 rings (SSSR count). The lowest BCUT2D eigenvalue weighted by molar-refractivity contribution is 0.432. The Bertz CT molecular complexity index is 558. The molecule has 0 aliphatic heterocycles. The van der Waals surface area contributed by atoms with Crippen molar-refractivity contribution in [3.63, 3.8) is 0 Å². The molecular formula is C14H14BrClFNO. The summed E-state index contributed by atoms with van der Waals surface area (Å²) in [4.78, 5) is 0. The van der Waals surface area contributed by atoms with E-state index in [4.69, 9.17) is 16.0 Å². The highest BCUT2D eigenvalue weighted by molar-refractivity contribution is 9.10. The van der Waals surface area contributed by atoms with Crippen LogP contribution in [0.1, 0.15) is 30.7 Å². The van der Waals surface area contributed by atoms with Crippen LogP contribution in [0.2, 0.25) is 5.02 Å². The lowest BCUT2D eigenvalue weighted by Crippen LogP contribution is -2.22. The van der Waals surface area contributed by atoms with Crippen LogP contribution in [0, 0.1) is 5.82 Å². The van der Waals surface area contributed by atoms with E-state index in [1.54, 1.807) is 12.1 Å². The van der Waals surface area contributed by atoms with Crippen molar-refractivity contribution in [3.05, 3.63) is 57.2 Å². The Morgan fingerprint density at radius 3 is 2.74 bits per heavy atom. The molecular weight excluding hydrogens is 333 g/mol. The smallest absolute Gasteiger partial charge is 0.169 e. The monoisotopic (exact) mass is 345 g/mol. The zero-order valence-corrected chi connectivity index (χ0v) is 12.8. The lowest BCUT2D eigenvalue weighted by atomic mass is 10.0. The third kappa shape index (κ3) is 3.59. The molecule has 2 nitrogen and oxygen atoms in total. The van der Waals surface area contributed by atoms with Crippen molar-refractivity contribution in [3.8, 4) is 0 Å². The van der Waals surface area contributed by atoms with E-state index in [0.29, 0.717) is 4.67 Å². The SMILES string of the molecule is CCCNC(c1ccc(F)c(Cl)c1)c1ccc(Br)o1. The molecule has 5 heteroatoms. The van der Waals surface area contributed by atoms with Crippen LogP contribution < -0.4 is 5.32 Å². The molecule has 0 saturated heterocycles. The molecule has 1 aromatic carbocycles. The van der Waals surface area contributed by atoms with Gasteiger partial charge in [0.1, 0.15) is 11.6 Å². The molecule has 0 fully saturated rings. The van der Waals surface area contributed by atoms with Crippen molar-refractivity contribution >= 4 is 27.5 Å². The molecule has 0 radical (unpaired) electrons. The summed E-state index contributed by atoms with van der Waals surface area (Å²) < 4.78 is 19.5. The zero-order valence-electron chi connectivity index (χ0n) is 10.4. The molecule has 19 heavy (non-hydrogen) atoms. The van der Waals surface area contributed by atoms with Crippen LogP contribution in [0.15, 0.2) is 39.4 Å². The first kappa shape index (κ1) is 14.6. The fraction of sp³-hybridized carbons (Fsp3) is 0.286. The van der Waals surface area contributed by atoms with Gasteiger partial charge in [0.05, 0.1) is 11.1 Å². The normalized spacial score (nSPS) is 12.6. The number of hydrogen-bond acceptors (Lipinski definition) is 2. The van der Waals surface area contributed by atoms with Crippen molar-refractivity contribution < 1.29 is 8.81 Å². The summed E-state index contributed by atoms with van der Waals surface area (Å²) >= 11 is 9.13. The van der Waals surface area contributed by atoms with Crippen LogP contribution in [0.5, 0.6) is 0 Å². The van der Waals surface area contributed by atoms with Gasteiger partial charge in [-0.1, -0.05) is 24.6 Å². The second-order valence-electron chi connectivity index (χ2n) is 4.20. The van der Waals surface area contributed by atoms with Gasteiger partial charge < -0.3 is 9.73 Å². The average molecular weight is 347 g/mol. The maximum absolute atomic E-state index is 13.2. The predicted molar refractivity (Wildman–Crippen MR) is 78.0 cm³/mol. The second kappa shape index (κ2) is 6.55. The molecule has 1 N–H and O–H groups in total. The summed E-state index contributed by atoms with van der Waals surface area (Å²) in [6.07, 6.45) is 0.993. The molecule has 0 bridgehead atoms. The molecule has 0 amide bonds. The maximum Gasteiger partial charge on any atom is 0.169 e. The van der Waals surface area contributed by atoms with Gasteiger partial charge in [-0.3, -0.25) is 0 Å². The van der Waals surface area contributed by atoms with Gasteiger partial charge in [-0.15, -0.1) is 0 Å². The minimum Gasteiger partial charge on any atom is -0.452 e. The molecule has 2 aromatic rings. The molecule has 1 atom stereocenters. The summed E-state index contributed by atoms with van der Waals surface area (Å²) in [5, 5.41) is 3.48. The van der Waals surface area contributed by atoms with Crippen LogP contribution in [0.25, 0.3) is 0 Å². The molecule has 0 spiro atoms. The fourth-order valence-corrected chi connectivity index (χ4v) is 2.35. The van der Waals surface area contributed by atoms with Crippen molar-refractivity contribution in [2.75, 3.05) is 6.54 Å². The van der Waals surface area contributed by atoms with E-state index in [1.165, 1.54) is 6.07 Å². The van der Waals surface area contributed by atoms with Gasteiger partial charge in [-0.25, -0.2) is 4.39 Å². The standard InChI is InChI=1S/C14H14BrClFNO/c1-2-7-18-14(12-5-6-13(15)19-12)9-3-4-11(17)10(16)8-9/h3-6,8,14,18H,2,7H2,1H3. The Balaban J connectivity index is 2.33. The highest BCUT2D eigenvalue weighted by Gasteiger charge is 2.18. The molecule has 0 aliphatic rings. The van der Waals surface area contributed by atoms with Crippen molar-refractivity contribution in [1.82, 2.24) is 5.32 Å². The van der Waals surface area contributed by atoms with Crippen LogP contribution >= 0.6 is 27.5 Å². The van der Waals surface area contributed by atoms with Gasteiger partial charge >= 0.3 is 0 Å². The van der Waals surface area contributed by atoms with Crippen LogP contribution in [-0.4, -0.2) is 6.54 Å². The van der Waals surface area contributed by atoms with E-state index in [-0.39, 0.29) is 11.1 Å². The Morgan fingerprint density at radius 1 is 1.37 bits per heavy atom. The predicted octanol–water partition coefficient (Wildman–Crippen LogP) is 4.92. The largest absolute Gasteiger partial charge is 0.452 e. The van der Waals surface area contributed by atoms with Gasteiger partial charge in [-0.2, -0.15) is 0 Å². The van der Waals surface area contributed by atoms with Crippen molar-refractivity contribution in [2.45, 2.75) is 19.4 Å². The quantitative estimate of drug-likeness (QED) is 0.831. The minimum atomic E-state index is -0.416. The highest BCUT2D eigenvalue weighted by atomic mass is 79.9. The second-order valence-corrected chi connectivity index (χ2v) is 5.39. The van der Waals surface area contributed by atoms with Crippen LogP contribution in [0.4, 0.5) is 4.39 Å². The average Bonchev–Trinajstić information content (AvgIpc) is 2.80. The van der Waals surface area contributed by atoms with Crippen LogP contribution in [0.3, 0.4) is 0 Å². The first-order chi connectivity index (χ1) is 9.11. The molecule has 0 aliphatic carbocycles. The van der Waals surface area contributed by atoms with E-state index in [9.17, 15) is 4.39 Å². The molecule has 1 heterocycles. The Kier molecular flexibility index (Phi) is 5.02. The summed E-state index contributed by atoms with van der Waals surface area (Å²) in [5.41, 5.74) is 0.877. The van der Waals surface area contributed by atoms with E-state index in [1.807, 2.05) is 12.1 Å². The summed E-state index contributed by atoms with van der Waals surface area (Å²) in [5.74, 6) is 0.350. The van der Waals surface area contributed by atoms with Gasteiger partial charge in [-0.05, 0) is 58.7 Å². The third-order valence-electron chi connectivity index (χ3n) is 2.75. The van der Waals surface area contributed by atoms with E-state index < -0.39 is 5.82 Å². The number of benzene rings is 1. The first-order valence-electron chi connectivity index (χ1n) is 6.05. The summed E-state index contributed by atoms with van der Waals surface area (Å²) in [6.45, 7) is 2.91. The van der Waals surface area contributed by atoms with Crippen molar-refractivity contribution in [1.29, 1.82) is 0 Å². The van der Waals surface area contributed by atoms with Crippen LogP contribution in [-0.2, 0) is 0 Å². The Hall–Kier alpha value is -0.840. The molecule has 1 unspecified atom stereocenters. The van der Waals surface area contributed by atoms with E-state index in [2.05, 4.69) is 28.2 Å². The highest BCUT2D eigenvalue weighted by Crippen LogP contribution is 2.28. The minimum absolute atomic E-state index is 0.117. The van der Waals surface area contributed by atoms with E-state index >= 15 is 0 Å². The van der Waals surface area contributed by atoms with Gasteiger partial charge in [0, 0.05) is 0 Å².